The quantitative estimate of drug-likeness (QED) is 0.616. The molecule has 0 spiro atoms. The van der Waals surface area contributed by atoms with Crippen LogP contribution in [-0.4, -0.2) is 35.2 Å². The van der Waals surface area contributed by atoms with Crippen molar-refractivity contribution in [2.45, 2.75) is 70.3 Å². The van der Waals surface area contributed by atoms with Crippen LogP contribution in [0.1, 0.15) is 71.5 Å². The molecule has 4 rings (SSSR count). The predicted octanol–water partition coefficient (Wildman–Crippen LogP) is 2.57. The van der Waals surface area contributed by atoms with Crippen molar-refractivity contribution < 1.29 is 14.4 Å². The van der Waals surface area contributed by atoms with Gasteiger partial charge in [-0.2, -0.15) is 0 Å². The summed E-state index contributed by atoms with van der Waals surface area (Å²) in [6.45, 7) is 0.471. The van der Waals surface area contributed by atoms with E-state index >= 15 is 0 Å². The zero-order chi connectivity index (χ0) is 18.8. The van der Waals surface area contributed by atoms with Crippen LogP contribution in [-0.2, 0) is 22.4 Å². The van der Waals surface area contributed by atoms with Crippen LogP contribution in [0.5, 0.6) is 0 Å². The van der Waals surface area contributed by atoms with Gasteiger partial charge in [-0.25, -0.2) is 0 Å². The molecule has 0 radical (unpaired) electrons. The van der Waals surface area contributed by atoms with Crippen LogP contribution in [0, 0.1) is 5.92 Å². The maximum absolute atomic E-state index is 12.4. The van der Waals surface area contributed by atoms with E-state index in [9.17, 15) is 14.4 Å². The van der Waals surface area contributed by atoms with Crippen LogP contribution in [0.25, 0.3) is 0 Å². The van der Waals surface area contributed by atoms with Gasteiger partial charge in [0.05, 0.1) is 10.8 Å². The second kappa shape index (κ2) is 8.00. The Morgan fingerprint density at radius 1 is 1.04 bits per heavy atom. The Morgan fingerprint density at radius 3 is 2.63 bits per heavy atom. The molecule has 1 unspecified atom stereocenters. The van der Waals surface area contributed by atoms with Crippen LogP contribution in [0.15, 0.2) is 6.07 Å². The number of hydrogen-bond acceptors (Lipinski definition) is 4. The third-order valence-electron chi connectivity index (χ3n) is 6.06. The minimum absolute atomic E-state index is 0.0652. The Morgan fingerprint density at radius 2 is 1.81 bits per heavy atom. The first-order chi connectivity index (χ1) is 13.1. The summed E-state index contributed by atoms with van der Waals surface area (Å²) < 4.78 is 0. The van der Waals surface area contributed by atoms with Gasteiger partial charge in [-0.15, -0.1) is 11.3 Å². The Labute approximate surface area is 163 Å². The van der Waals surface area contributed by atoms with E-state index in [4.69, 9.17) is 0 Å². The molecule has 1 aromatic heterocycles. The zero-order valence-corrected chi connectivity index (χ0v) is 16.4. The zero-order valence-electron chi connectivity index (χ0n) is 15.6. The fraction of sp³-hybridized carbons (Fsp3) is 0.650. The van der Waals surface area contributed by atoms with Crippen molar-refractivity contribution in [1.29, 1.82) is 0 Å². The molecule has 0 aromatic carbocycles. The maximum Gasteiger partial charge on any atom is 0.279 e. The molecule has 2 fully saturated rings. The third kappa shape index (κ3) is 4.03. The topological polar surface area (TPSA) is 78.5 Å². The molecule has 146 valence electrons. The van der Waals surface area contributed by atoms with Gasteiger partial charge < -0.3 is 4.90 Å². The van der Waals surface area contributed by atoms with Crippen LogP contribution >= 0.6 is 11.3 Å². The molecule has 1 aromatic rings. The standard InChI is InChI=1S/C20H27N3O3S/c24-18-11-14(12-23(18)15-7-4-5-8-15)19(25)21-22-20(26)17-10-13-6-2-1-3-9-16(13)27-17/h10,14-15H,1-9,11-12H2,(H,21,25)(H,22,26). The molecule has 1 aliphatic heterocycles. The van der Waals surface area contributed by atoms with Gasteiger partial charge in [0.25, 0.3) is 5.91 Å². The van der Waals surface area contributed by atoms with Crippen molar-refractivity contribution in [2.24, 2.45) is 5.92 Å². The Bertz CT molecular complexity index is 715. The second-order valence-electron chi connectivity index (χ2n) is 7.95. The summed E-state index contributed by atoms with van der Waals surface area (Å²) in [6.07, 6.45) is 10.3. The number of nitrogens with zero attached hydrogens (tertiary/aromatic N) is 1. The number of aryl methyl sites for hydroxylation is 2. The molecular formula is C20H27N3O3S. The largest absolute Gasteiger partial charge is 0.339 e. The maximum atomic E-state index is 12.4. The minimum Gasteiger partial charge on any atom is -0.339 e. The van der Waals surface area contributed by atoms with E-state index in [0.29, 0.717) is 17.5 Å². The van der Waals surface area contributed by atoms with Gasteiger partial charge in [0.1, 0.15) is 0 Å². The number of rotatable bonds is 3. The average Bonchev–Trinajstić information content (AvgIpc) is 3.37. The summed E-state index contributed by atoms with van der Waals surface area (Å²) in [5.74, 6) is -0.845. The van der Waals surface area contributed by atoms with Gasteiger partial charge in [-0.1, -0.05) is 19.3 Å². The Balaban J connectivity index is 1.30. The van der Waals surface area contributed by atoms with E-state index in [-0.39, 0.29) is 30.1 Å². The van der Waals surface area contributed by atoms with E-state index in [0.717, 1.165) is 38.5 Å². The summed E-state index contributed by atoms with van der Waals surface area (Å²) in [7, 11) is 0. The lowest BCUT2D eigenvalue weighted by atomic mass is 10.1. The van der Waals surface area contributed by atoms with Crippen LogP contribution < -0.4 is 10.9 Å². The Hall–Kier alpha value is -1.89. The van der Waals surface area contributed by atoms with E-state index in [2.05, 4.69) is 10.9 Å². The van der Waals surface area contributed by atoms with Crippen molar-refractivity contribution in [3.8, 4) is 0 Å². The normalized spacial score (nSPS) is 23.2. The molecule has 2 aliphatic carbocycles. The van der Waals surface area contributed by atoms with Gasteiger partial charge in [-0.3, -0.25) is 25.2 Å². The Kier molecular flexibility index (Phi) is 5.48. The van der Waals surface area contributed by atoms with Gasteiger partial charge in [0.15, 0.2) is 0 Å². The van der Waals surface area contributed by atoms with Gasteiger partial charge in [-0.05, 0) is 50.2 Å². The van der Waals surface area contributed by atoms with Crippen molar-refractivity contribution in [3.05, 3.63) is 21.4 Å². The number of nitrogens with one attached hydrogen (secondary N) is 2. The van der Waals surface area contributed by atoms with E-state index < -0.39 is 0 Å². The third-order valence-corrected chi connectivity index (χ3v) is 7.30. The van der Waals surface area contributed by atoms with Crippen molar-refractivity contribution in [1.82, 2.24) is 15.8 Å². The second-order valence-corrected chi connectivity index (χ2v) is 9.09. The molecule has 7 heteroatoms. The highest BCUT2D eigenvalue weighted by molar-refractivity contribution is 7.14. The lowest BCUT2D eigenvalue weighted by Crippen LogP contribution is -2.45. The monoisotopic (exact) mass is 389 g/mol. The van der Waals surface area contributed by atoms with Gasteiger partial charge >= 0.3 is 0 Å². The number of thiophene rings is 1. The van der Waals surface area contributed by atoms with Crippen molar-refractivity contribution in [2.75, 3.05) is 6.54 Å². The summed E-state index contributed by atoms with van der Waals surface area (Å²) in [5.41, 5.74) is 6.36. The summed E-state index contributed by atoms with van der Waals surface area (Å²) in [5, 5.41) is 0. The molecule has 2 N–H and O–H groups in total. The number of fused-ring (bicyclic) bond motifs is 1. The molecular weight excluding hydrogens is 362 g/mol. The van der Waals surface area contributed by atoms with Gasteiger partial charge in [0, 0.05) is 23.9 Å². The molecule has 1 saturated heterocycles. The minimum atomic E-state index is -0.376. The van der Waals surface area contributed by atoms with E-state index in [1.165, 1.54) is 41.0 Å². The highest BCUT2D eigenvalue weighted by Crippen LogP contribution is 2.30. The highest BCUT2D eigenvalue weighted by Gasteiger charge is 2.38. The fourth-order valence-corrected chi connectivity index (χ4v) is 5.69. The van der Waals surface area contributed by atoms with Crippen LogP contribution in [0.2, 0.25) is 0 Å². The molecule has 3 aliphatic rings. The lowest BCUT2D eigenvalue weighted by Gasteiger charge is -2.23. The number of likely N-dealkylation sites (tertiary alicyclic amines) is 1. The molecule has 1 atom stereocenters. The van der Waals surface area contributed by atoms with E-state index in [1.807, 2.05) is 11.0 Å². The molecule has 0 bridgehead atoms. The number of hydrogen-bond donors (Lipinski definition) is 2. The SMILES string of the molecule is O=C(NNC(=O)C1CC(=O)N(C2CCCC2)C1)c1cc2c(s1)CCCCC2. The van der Waals surface area contributed by atoms with Gasteiger partial charge in [0.2, 0.25) is 11.8 Å². The number of hydrazine groups is 1. The molecule has 27 heavy (non-hydrogen) atoms. The lowest BCUT2D eigenvalue weighted by molar-refractivity contribution is -0.130. The van der Waals surface area contributed by atoms with Crippen molar-refractivity contribution >= 4 is 29.1 Å². The number of carbonyl (C=O) groups is 3. The fourth-order valence-electron chi connectivity index (χ4n) is 4.54. The predicted molar refractivity (Wildman–Crippen MR) is 103 cm³/mol. The molecule has 1 saturated carbocycles. The van der Waals surface area contributed by atoms with Crippen LogP contribution in [0.3, 0.4) is 0 Å². The number of carbonyl (C=O) groups excluding carboxylic acids is 3. The number of amides is 3. The summed E-state index contributed by atoms with van der Waals surface area (Å²) >= 11 is 1.53. The van der Waals surface area contributed by atoms with E-state index in [1.54, 1.807) is 0 Å². The molecule has 3 amide bonds. The summed E-state index contributed by atoms with van der Waals surface area (Å²) in [6, 6.07) is 2.26. The average molecular weight is 390 g/mol. The molecule has 2 heterocycles. The summed E-state index contributed by atoms with van der Waals surface area (Å²) in [4.78, 5) is 40.9. The molecule has 6 nitrogen and oxygen atoms in total. The first-order valence-electron chi connectivity index (χ1n) is 10.1. The van der Waals surface area contributed by atoms with Crippen molar-refractivity contribution in [3.63, 3.8) is 0 Å². The highest BCUT2D eigenvalue weighted by atomic mass is 32.1. The first kappa shape index (κ1) is 18.5. The smallest absolute Gasteiger partial charge is 0.279 e. The van der Waals surface area contributed by atoms with Crippen LogP contribution in [0.4, 0.5) is 0 Å². The first-order valence-corrected chi connectivity index (χ1v) is 10.9.